The average molecular weight is 245 g/mol. The van der Waals surface area contributed by atoms with E-state index in [0.29, 0.717) is 0 Å². The molecule has 1 aromatic carbocycles. The number of rotatable bonds is 3. The molecule has 1 aromatic rings. The number of β-lactam (4-membered cyclic amide) rings is 1. The van der Waals surface area contributed by atoms with Gasteiger partial charge < -0.3 is 15.4 Å². The van der Waals surface area contributed by atoms with Gasteiger partial charge in [-0.2, -0.15) is 5.26 Å². The molecule has 2 amide bonds. The number of alkyl carbamates (subject to hydrolysis) is 1. The zero-order valence-electron chi connectivity index (χ0n) is 9.42. The van der Waals surface area contributed by atoms with E-state index in [1.807, 2.05) is 36.4 Å². The van der Waals surface area contributed by atoms with Gasteiger partial charge >= 0.3 is 6.09 Å². The Kier molecular flexibility index (Phi) is 3.44. The molecule has 0 unspecified atom stereocenters. The first-order valence-corrected chi connectivity index (χ1v) is 5.38. The summed E-state index contributed by atoms with van der Waals surface area (Å²) in [6.07, 6.45) is -0.709. The lowest BCUT2D eigenvalue weighted by Gasteiger charge is -2.31. The predicted octanol–water partition coefficient (Wildman–Crippen LogP) is 0.303. The van der Waals surface area contributed by atoms with Gasteiger partial charge in [0.2, 0.25) is 5.91 Å². The Balaban J connectivity index is 1.79. The molecule has 1 aliphatic rings. The molecule has 1 fully saturated rings. The maximum Gasteiger partial charge on any atom is 0.408 e. The van der Waals surface area contributed by atoms with Crippen molar-refractivity contribution in [1.29, 1.82) is 5.26 Å². The number of nitriles is 1. The van der Waals surface area contributed by atoms with Crippen LogP contribution in [0.3, 0.4) is 0 Å². The number of nitrogens with one attached hydrogen (secondary N) is 2. The Morgan fingerprint density at radius 1 is 1.44 bits per heavy atom. The van der Waals surface area contributed by atoms with Gasteiger partial charge in [-0.15, -0.1) is 0 Å². The zero-order chi connectivity index (χ0) is 13.0. The molecular formula is C12H11N3O3. The maximum absolute atomic E-state index is 11.4. The third kappa shape index (κ3) is 2.58. The summed E-state index contributed by atoms with van der Waals surface area (Å²) in [5, 5.41) is 13.3. The Labute approximate surface area is 104 Å². The van der Waals surface area contributed by atoms with Crippen LogP contribution in [0, 0.1) is 11.3 Å². The zero-order valence-corrected chi connectivity index (χ0v) is 9.42. The lowest BCUT2D eigenvalue weighted by Crippen LogP contribution is -2.68. The maximum atomic E-state index is 11.4. The molecule has 0 spiro atoms. The highest BCUT2D eigenvalue weighted by atomic mass is 16.5. The van der Waals surface area contributed by atoms with Crippen molar-refractivity contribution >= 4 is 12.0 Å². The molecule has 0 aliphatic carbocycles. The van der Waals surface area contributed by atoms with E-state index in [0.717, 1.165) is 5.56 Å². The molecule has 0 aromatic heterocycles. The minimum Gasteiger partial charge on any atom is -0.445 e. The summed E-state index contributed by atoms with van der Waals surface area (Å²) in [6, 6.07) is 9.53. The van der Waals surface area contributed by atoms with Crippen molar-refractivity contribution in [3.05, 3.63) is 35.9 Å². The number of hydrogen-bond donors (Lipinski definition) is 2. The van der Waals surface area contributed by atoms with E-state index in [9.17, 15) is 9.59 Å². The normalized spacial score (nSPS) is 21.2. The fourth-order valence-corrected chi connectivity index (χ4v) is 1.53. The van der Waals surface area contributed by atoms with Gasteiger partial charge in [-0.1, -0.05) is 30.3 Å². The highest BCUT2D eigenvalue weighted by Crippen LogP contribution is 2.06. The number of carbonyl (C=O) groups is 2. The van der Waals surface area contributed by atoms with Gasteiger partial charge in [0.25, 0.3) is 0 Å². The highest BCUT2D eigenvalue weighted by Gasteiger charge is 2.40. The first-order valence-electron chi connectivity index (χ1n) is 5.38. The Morgan fingerprint density at radius 2 is 2.17 bits per heavy atom. The van der Waals surface area contributed by atoms with Gasteiger partial charge in [0.05, 0.1) is 6.07 Å². The summed E-state index contributed by atoms with van der Waals surface area (Å²) in [4.78, 5) is 22.5. The van der Waals surface area contributed by atoms with Crippen molar-refractivity contribution in [2.45, 2.75) is 18.7 Å². The van der Waals surface area contributed by atoms with Crippen LogP contribution in [0.15, 0.2) is 30.3 Å². The van der Waals surface area contributed by atoms with Crippen LogP contribution in [0.25, 0.3) is 0 Å². The smallest absolute Gasteiger partial charge is 0.408 e. The highest BCUT2D eigenvalue weighted by molar-refractivity contribution is 5.93. The van der Waals surface area contributed by atoms with E-state index in [-0.39, 0.29) is 12.5 Å². The van der Waals surface area contributed by atoms with E-state index >= 15 is 0 Å². The molecule has 2 N–H and O–H groups in total. The standard InChI is InChI=1S/C12H11N3O3/c13-6-9-10(11(16)14-9)15-12(17)18-7-8-4-2-1-3-5-8/h1-5,9-10H,7H2,(H,14,16)(H,15,17)/t9-,10-/m0/s1. The quantitative estimate of drug-likeness (QED) is 0.749. The molecule has 0 bridgehead atoms. The topological polar surface area (TPSA) is 91.2 Å². The second-order valence-corrected chi connectivity index (χ2v) is 3.80. The molecule has 6 heteroatoms. The van der Waals surface area contributed by atoms with Crippen LogP contribution in [0.5, 0.6) is 0 Å². The van der Waals surface area contributed by atoms with Crippen LogP contribution >= 0.6 is 0 Å². The van der Waals surface area contributed by atoms with E-state index in [4.69, 9.17) is 10.00 Å². The lowest BCUT2D eigenvalue weighted by atomic mass is 10.0. The number of carbonyl (C=O) groups excluding carboxylic acids is 2. The van der Waals surface area contributed by atoms with Gasteiger partial charge in [-0.05, 0) is 5.56 Å². The molecule has 1 heterocycles. The molecule has 6 nitrogen and oxygen atoms in total. The number of amides is 2. The molecule has 2 atom stereocenters. The van der Waals surface area contributed by atoms with Gasteiger partial charge in [0, 0.05) is 0 Å². The molecule has 1 saturated heterocycles. The molecular weight excluding hydrogens is 234 g/mol. The fourth-order valence-electron chi connectivity index (χ4n) is 1.53. The van der Waals surface area contributed by atoms with Crippen LogP contribution in [0.4, 0.5) is 4.79 Å². The second-order valence-electron chi connectivity index (χ2n) is 3.80. The summed E-state index contributed by atoms with van der Waals surface area (Å²) >= 11 is 0. The van der Waals surface area contributed by atoms with Crippen molar-refractivity contribution < 1.29 is 14.3 Å². The third-order valence-electron chi connectivity index (χ3n) is 2.54. The number of ether oxygens (including phenoxy) is 1. The summed E-state index contributed by atoms with van der Waals surface area (Å²) in [5.74, 6) is -0.377. The van der Waals surface area contributed by atoms with Gasteiger partial charge in [0.15, 0.2) is 0 Å². The van der Waals surface area contributed by atoms with Crippen LogP contribution in [0.2, 0.25) is 0 Å². The minimum absolute atomic E-state index is 0.123. The Hall–Kier alpha value is -2.55. The van der Waals surface area contributed by atoms with Crippen molar-refractivity contribution in [3.8, 4) is 6.07 Å². The van der Waals surface area contributed by atoms with Gasteiger partial charge in [-0.3, -0.25) is 4.79 Å². The summed E-state index contributed by atoms with van der Waals surface area (Å²) in [5.41, 5.74) is 0.850. The predicted molar refractivity (Wildman–Crippen MR) is 61.1 cm³/mol. The Morgan fingerprint density at radius 3 is 2.78 bits per heavy atom. The van der Waals surface area contributed by atoms with Crippen molar-refractivity contribution in [3.63, 3.8) is 0 Å². The van der Waals surface area contributed by atoms with Crippen molar-refractivity contribution in [1.82, 2.24) is 10.6 Å². The van der Waals surface area contributed by atoms with E-state index in [1.54, 1.807) is 0 Å². The first kappa shape index (κ1) is 11.9. The van der Waals surface area contributed by atoms with Crippen molar-refractivity contribution in [2.75, 3.05) is 0 Å². The SMILES string of the molecule is N#C[C@@H]1NC(=O)[C@H]1NC(=O)OCc1ccccc1. The van der Waals surface area contributed by atoms with E-state index in [2.05, 4.69) is 10.6 Å². The van der Waals surface area contributed by atoms with E-state index < -0.39 is 18.2 Å². The monoisotopic (exact) mass is 245 g/mol. The van der Waals surface area contributed by atoms with Crippen LogP contribution in [-0.4, -0.2) is 24.1 Å². The largest absolute Gasteiger partial charge is 0.445 e. The second kappa shape index (κ2) is 5.19. The van der Waals surface area contributed by atoms with Crippen molar-refractivity contribution in [2.24, 2.45) is 0 Å². The Bertz CT molecular complexity index is 495. The summed E-state index contributed by atoms with van der Waals surface area (Å²) in [6.45, 7) is 0.123. The first-order chi connectivity index (χ1) is 8.70. The number of benzene rings is 1. The molecule has 0 saturated carbocycles. The van der Waals surface area contributed by atoms with Crippen LogP contribution in [0.1, 0.15) is 5.56 Å². The van der Waals surface area contributed by atoms with Gasteiger partial charge in [-0.25, -0.2) is 4.79 Å². The molecule has 92 valence electrons. The minimum atomic E-state index is -0.821. The lowest BCUT2D eigenvalue weighted by molar-refractivity contribution is -0.130. The number of nitrogens with zero attached hydrogens (tertiary/aromatic N) is 1. The molecule has 2 rings (SSSR count). The summed E-state index contributed by atoms with van der Waals surface area (Å²) < 4.78 is 4.94. The van der Waals surface area contributed by atoms with Crippen LogP contribution in [-0.2, 0) is 16.1 Å². The average Bonchev–Trinajstić information content (AvgIpc) is 2.41. The molecule has 1 aliphatic heterocycles. The number of hydrogen-bond acceptors (Lipinski definition) is 4. The van der Waals surface area contributed by atoms with Crippen LogP contribution < -0.4 is 10.6 Å². The summed E-state index contributed by atoms with van der Waals surface area (Å²) in [7, 11) is 0. The van der Waals surface area contributed by atoms with E-state index in [1.165, 1.54) is 0 Å². The third-order valence-corrected chi connectivity index (χ3v) is 2.54. The molecule has 0 radical (unpaired) electrons. The van der Waals surface area contributed by atoms with Gasteiger partial charge in [0.1, 0.15) is 18.7 Å². The fraction of sp³-hybridized carbons (Fsp3) is 0.250. The molecule has 18 heavy (non-hydrogen) atoms.